The molecule has 0 atom stereocenters. The van der Waals surface area contributed by atoms with E-state index in [4.69, 9.17) is 0 Å². The van der Waals surface area contributed by atoms with E-state index in [2.05, 4.69) is 11.1 Å². The van der Waals surface area contributed by atoms with Crippen molar-refractivity contribution >= 4 is 6.21 Å². The molecule has 1 fully saturated rings. The van der Waals surface area contributed by atoms with Gasteiger partial charge in [0.25, 0.3) is 0 Å². The van der Waals surface area contributed by atoms with Gasteiger partial charge in [0.05, 0.1) is 0 Å². The predicted molar refractivity (Wildman–Crippen MR) is 33.9 cm³/mol. The van der Waals surface area contributed by atoms with Gasteiger partial charge in [-0.25, -0.2) is 0 Å². The van der Waals surface area contributed by atoms with Crippen molar-refractivity contribution in [1.82, 2.24) is 0 Å². The molecule has 1 aliphatic heterocycles. The highest BCUT2D eigenvalue weighted by Gasteiger charge is 2.26. The van der Waals surface area contributed by atoms with E-state index in [0.717, 1.165) is 12.3 Å². The average molecular weight is 107 g/mol. The molecule has 1 heterocycles. The van der Waals surface area contributed by atoms with E-state index in [1.54, 1.807) is 0 Å². The van der Waals surface area contributed by atoms with E-state index in [0.29, 0.717) is 0 Å². The van der Waals surface area contributed by atoms with E-state index in [9.17, 15) is 0 Å². The normalized spacial score (nSPS) is 26.2. The fourth-order valence-corrected chi connectivity index (χ4v) is 1.04. The highest BCUT2D eigenvalue weighted by molar-refractivity contribution is 5.65. The first-order valence-corrected chi connectivity index (χ1v) is 3.19. The molecule has 0 unspecified atom stereocenters. The highest BCUT2D eigenvalue weighted by Crippen LogP contribution is 2.38. The van der Waals surface area contributed by atoms with Gasteiger partial charge in [-0.2, -0.15) is 0 Å². The van der Waals surface area contributed by atoms with Gasteiger partial charge in [-0.15, -0.1) is 0 Å². The second-order valence-corrected chi connectivity index (χ2v) is 2.45. The molecular formula is C7H9N. The van der Waals surface area contributed by atoms with E-state index in [1.165, 1.54) is 18.5 Å². The van der Waals surface area contributed by atoms with Gasteiger partial charge in [0, 0.05) is 24.3 Å². The number of nitrogens with zero attached hydrogens (tertiary/aromatic N) is 1. The maximum atomic E-state index is 4.23. The largest absolute Gasteiger partial charge is 0.265 e. The van der Waals surface area contributed by atoms with Gasteiger partial charge in [-0.3, -0.25) is 4.99 Å². The second-order valence-electron chi connectivity index (χ2n) is 2.45. The molecule has 0 amide bonds. The van der Waals surface area contributed by atoms with E-state index in [-0.39, 0.29) is 0 Å². The third-order valence-corrected chi connectivity index (χ3v) is 1.67. The molecule has 0 spiro atoms. The zero-order chi connectivity index (χ0) is 5.40. The maximum Gasteiger partial charge on any atom is 0.0394 e. The average Bonchev–Trinajstić information content (AvgIpc) is 2.49. The summed E-state index contributed by atoms with van der Waals surface area (Å²) in [6.07, 6.45) is 8.06. The Bertz CT molecular complexity index is 152. The summed E-state index contributed by atoms with van der Waals surface area (Å²) in [4.78, 5) is 4.23. The van der Waals surface area contributed by atoms with E-state index < -0.39 is 0 Å². The molecule has 0 aromatic heterocycles. The Labute approximate surface area is 49.1 Å². The topological polar surface area (TPSA) is 12.4 Å². The van der Waals surface area contributed by atoms with Crippen molar-refractivity contribution in [2.75, 3.05) is 0 Å². The summed E-state index contributed by atoms with van der Waals surface area (Å²) in [6.45, 7) is 0. The number of hydrogen-bond donors (Lipinski definition) is 0. The van der Waals surface area contributed by atoms with Crippen LogP contribution in [0.25, 0.3) is 0 Å². The molecule has 1 aliphatic carbocycles. The molecule has 0 saturated heterocycles. The molecule has 1 nitrogen and oxygen atoms in total. The highest BCUT2D eigenvalue weighted by atomic mass is 14.8. The zero-order valence-corrected chi connectivity index (χ0v) is 4.80. The fraction of sp³-hybridized carbons (Fsp3) is 0.571. The number of rotatable bonds is 1. The molecule has 0 bridgehead atoms. The van der Waals surface area contributed by atoms with Gasteiger partial charge < -0.3 is 0 Å². The first kappa shape index (κ1) is 4.30. The van der Waals surface area contributed by atoms with Crippen LogP contribution in [0.2, 0.25) is 0 Å². The summed E-state index contributed by atoms with van der Waals surface area (Å²) >= 11 is 0. The molecule has 0 radical (unpaired) electrons. The van der Waals surface area contributed by atoms with Crippen LogP contribution in [-0.4, -0.2) is 6.21 Å². The van der Waals surface area contributed by atoms with E-state index in [1.807, 2.05) is 6.21 Å². The van der Waals surface area contributed by atoms with Crippen molar-refractivity contribution < 1.29 is 0 Å². The van der Waals surface area contributed by atoms with Crippen LogP contribution in [0.5, 0.6) is 0 Å². The molecule has 2 aliphatic rings. The molecule has 1 saturated carbocycles. The summed E-state index contributed by atoms with van der Waals surface area (Å²) in [5.74, 6) is 0.855. The lowest BCUT2D eigenvalue weighted by atomic mass is 10.3. The molecule has 8 heavy (non-hydrogen) atoms. The second kappa shape index (κ2) is 1.44. The van der Waals surface area contributed by atoms with Crippen molar-refractivity contribution in [1.29, 1.82) is 0 Å². The van der Waals surface area contributed by atoms with Crippen LogP contribution in [-0.2, 0) is 0 Å². The lowest BCUT2D eigenvalue weighted by Gasteiger charge is -1.87. The number of hydrogen-bond acceptors (Lipinski definition) is 1. The van der Waals surface area contributed by atoms with Gasteiger partial charge in [-0.1, -0.05) is 6.08 Å². The Morgan fingerprint density at radius 2 is 2.38 bits per heavy atom. The summed E-state index contributed by atoms with van der Waals surface area (Å²) in [6, 6.07) is 0. The number of allylic oxidation sites excluding steroid dienone is 2. The molecule has 0 aromatic rings. The molecule has 0 aromatic carbocycles. The van der Waals surface area contributed by atoms with E-state index >= 15 is 0 Å². The van der Waals surface area contributed by atoms with Crippen LogP contribution in [0.15, 0.2) is 16.8 Å². The standard InChI is InChI=1S/C7H9N/c1-2-7(8-5-1)6-3-4-6/h2,5-6H,1,3-4H2. The minimum Gasteiger partial charge on any atom is -0.265 e. The quantitative estimate of drug-likeness (QED) is 0.484. The molecule has 2 rings (SSSR count). The van der Waals surface area contributed by atoms with Crippen LogP contribution >= 0.6 is 0 Å². The van der Waals surface area contributed by atoms with Gasteiger partial charge >= 0.3 is 0 Å². The van der Waals surface area contributed by atoms with Crippen LogP contribution in [0, 0.1) is 5.92 Å². The lowest BCUT2D eigenvalue weighted by Crippen LogP contribution is -1.73. The van der Waals surface area contributed by atoms with Gasteiger partial charge in [0.15, 0.2) is 0 Å². The smallest absolute Gasteiger partial charge is 0.0394 e. The lowest BCUT2D eigenvalue weighted by molar-refractivity contribution is 0.989. The molecule has 1 heteroatoms. The zero-order valence-electron chi connectivity index (χ0n) is 4.80. The summed E-state index contributed by atoms with van der Waals surface area (Å²) in [5.41, 5.74) is 1.35. The van der Waals surface area contributed by atoms with Gasteiger partial charge in [0.1, 0.15) is 0 Å². The monoisotopic (exact) mass is 107 g/mol. The summed E-state index contributed by atoms with van der Waals surface area (Å²) in [5, 5.41) is 0. The Morgan fingerprint density at radius 3 is 2.88 bits per heavy atom. The SMILES string of the molecule is C1=NC(C2CC2)=CC1. The third-order valence-electron chi connectivity index (χ3n) is 1.67. The minimum absolute atomic E-state index is 0.855. The van der Waals surface area contributed by atoms with Gasteiger partial charge in [-0.05, 0) is 12.8 Å². The maximum absolute atomic E-state index is 4.23. The Kier molecular flexibility index (Phi) is 0.775. The first-order chi connectivity index (χ1) is 3.97. The number of aliphatic imine (C=N–C) groups is 1. The van der Waals surface area contributed by atoms with Crippen LogP contribution in [0.3, 0.4) is 0 Å². The van der Waals surface area contributed by atoms with Crippen LogP contribution in [0.1, 0.15) is 19.3 Å². The van der Waals surface area contributed by atoms with Crippen molar-refractivity contribution in [3.63, 3.8) is 0 Å². The van der Waals surface area contributed by atoms with Crippen molar-refractivity contribution in [3.05, 3.63) is 11.8 Å². The van der Waals surface area contributed by atoms with Crippen LogP contribution < -0.4 is 0 Å². The summed E-state index contributed by atoms with van der Waals surface area (Å²) < 4.78 is 0. The Hall–Kier alpha value is -0.590. The molecular weight excluding hydrogens is 98.1 g/mol. The fourth-order valence-electron chi connectivity index (χ4n) is 1.04. The van der Waals surface area contributed by atoms with Crippen molar-refractivity contribution in [3.8, 4) is 0 Å². The van der Waals surface area contributed by atoms with Crippen LogP contribution in [0.4, 0.5) is 0 Å². The van der Waals surface area contributed by atoms with Crippen molar-refractivity contribution in [2.45, 2.75) is 19.3 Å². The molecule has 0 N–H and O–H groups in total. The Morgan fingerprint density at radius 1 is 1.50 bits per heavy atom. The minimum atomic E-state index is 0.855. The Balaban J connectivity index is 2.13. The predicted octanol–water partition coefficient (Wildman–Crippen LogP) is 1.75. The third kappa shape index (κ3) is 0.585. The van der Waals surface area contributed by atoms with Crippen molar-refractivity contribution in [2.24, 2.45) is 10.9 Å². The molecule has 42 valence electrons. The summed E-state index contributed by atoms with van der Waals surface area (Å²) in [7, 11) is 0. The first-order valence-electron chi connectivity index (χ1n) is 3.19. The van der Waals surface area contributed by atoms with Gasteiger partial charge in [0.2, 0.25) is 0 Å².